The van der Waals surface area contributed by atoms with Crippen LogP contribution in [0.4, 0.5) is 8.78 Å². The molecule has 3 aliphatic rings. The van der Waals surface area contributed by atoms with E-state index < -0.39 is 5.92 Å². The first-order chi connectivity index (χ1) is 13.6. The number of hydrogen-bond acceptors (Lipinski definition) is 4. The van der Waals surface area contributed by atoms with Crippen molar-refractivity contribution in [2.75, 3.05) is 33.8 Å². The molecule has 29 heavy (non-hydrogen) atoms. The molecule has 1 aliphatic carbocycles. The van der Waals surface area contributed by atoms with Gasteiger partial charge in [-0.3, -0.25) is 9.58 Å². The zero-order chi connectivity index (χ0) is 20.9. The average Bonchev–Trinajstić information content (AvgIpc) is 3.21. The van der Waals surface area contributed by atoms with Crippen molar-refractivity contribution in [3.05, 3.63) is 17.0 Å². The van der Waals surface area contributed by atoms with Crippen molar-refractivity contribution in [3.8, 4) is 0 Å². The van der Waals surface area contributed by atoms with Crippen molar-refractivity contribution in [1.82, 2.24) is 20.0 Å². The van der Waals surface area contributed by atoms with Crippen molar-refractivity contribution in [2.45, 2.75) is 82.9 Å². The minimum atomic E-state index is -2.66. The lowest BCUT2D eigenvalue weighted by atomic mass is 9.71. The second-order valence-corrected chi connectivity index (χ2v) is 10.4. The SMILES string of the molecule is CNCCN(C)Cc1nn2c(c1[C@H]1CC[C@@]3(CC1)CC(C)(C)CO3)CC(F)(F)C2. The fourth-order valence-corrected chi connectivity index (χ4v) is 5.70. The Kier molecular flexibility index (Phi) is 5.53. The summed E-state index contributed by atoms with van der Waals surface area (Å²) in [5.41, 5.74) is 3.15. The summed E-state index contributed by atoms with van der Waals surface area (Å²) in [6.07, 6.45) is 5.01. The quantitative estimate of drug-likeness (QED) is 0.779. The average molecular weight is 411 g/mol. The van der Waals surface area contributed by atoms with Crippen LogP contribution < -0.4 is 5.32 Å². The van der Waals surface area contributed by atoms with Crippen LogP contribution in [0.2, 0.25) is 0 Å². The Morgan fingerprint density at radius 3 is 2.62 bits per heavy atom. The van der Waals surface area contributed by atoms with Gasteiger partial charge in [-0.2, -0.15) is 5.10 Å². The van der Waals surface area contributed by atoms with E-state index in [1.54, 1.807) is 4.68 Å². The molecule has 2 fully saturated rings. The molecule has 1 aromatic rings. The molecule has 0 atom stereocenters. The Morgan fingerprint density at radius 2 is 2.00 bits per heavy atom. The predicted molar refractivity (Wildman–Crippen MR) is 109 cm³/mol. The largest absolute Gasteiger partial charge is 0.374 e. The second kappa shape index (κ2) is 7.57. The lowest BCUT2D eigenvalue weighted by Crippen LogP contribution is -2.34. The summed E-state index contributed by atoms with van der Waals surface area (Å²) in [4.78, 5) is 2.23. The molecular weight excluding hydrogens is 374 g/mol. The van der Waals surface area contributed by atoms with Gasteiger partial charge in [0.15, 0.2) is 0 Å². The van der Waals surface area contributed by atoms with Crippen LogP contribution in [0.3, 0.4) is 0 Å². The van der Waals surface area contributed by atoms with Crippen LogP contribution in [0.25, 0.3) is 0 Å². The van der Waals surface area contributed by atoms with Crippen LogP contribution in [0.15, 0.2) is 0 Å². The maximum Gasteiger partial charge on any atom is 0.272 e. The fraction of sp³-hybridized carbons (Fsp3) is 0.864. The number of nitrogens with one attached hydrogen (secondary N) is 1. The van der Waals surface area contributed by atoms with Crippen molar-refractivity contribution in [3.63, 3.8) is 0 Å². The number of hydrogen-bond donors (Lipinski definition) is 1. The van der Waals surface area contributed by atoms with E-state index in [1.165, 1.54) is 0 Å². The third-order valence-electron chi connectivity index (χ3n) is 7.02. The number of alkyl halides is 2. The normalized spacial score (nSPS) is 30.4. The molecule has 3 heterocycles. The smallest absolute Gasteiger partial charge is 0.272 e. The van der Waals surface area contributed by atoms with Gasteiger partial charge in [0, 0.05) is 30.9 Å². The molecule has 0 aromatic carbocycles. The zero-order valence-corrected chi connectivity index (χ0v) is 18.4. The highest BCUT2D eigenvalue weighted by Gasteiger charge is 2.48. The molecule has 1 N–H and O–H groups in total. The first-order valence-electron chi connectivity index (χ1n) is 11.1. The number of halogens is 2. The molecule has 7 heteroatoms. The third kappa shape index (κ3) is 4.37. The van der Waals surface area contributed by atoms with E-state index in [1.807, 2.05) is 7.05 Å². The maximum absolute atomic E-state index is 14.1. The Bertz CT molecular complexity index is 737. The number of likely N-dealkylation sites (N-methyl/N-ethyl adjacent to an activating group) is 2. The van der Waals surface area contributed by atoms with Crippen LogP contribution in [0, 0.1) is 5.41 Å². The molecular formula is C22H36F2N4O. The lowest BCUT2D eigenvalue weighted by molar-refractivity contribution is -0.0296. The first-order valence-corrected chi connectivity index (χ1v) is 11.1. The molecule has 0 amide bonds. The molecule has 4 rings (SSSR count). The van der Waals surface area contributed by atoms with Gasteiger partial charge in [-0.25, -0.2) is 8.78 Å². The van der Waals surface area contributed by atoms with E-state index >= 15 is 0 Å². The summed E-state index contributed by atoms with van der Waals surface area (Å²) in [7, 11) is 4.02. The molecule has 0 unspecified atom stereocenters. The summed E-state index contributed by atoms with van der Waals surface area (Å²) >= 11 is 0. The highest BCUT2D eigenvalue weighted by Crippen LogP contribution is 2.51. The zero-order valence-electron chi connectivity index (χ0n) is 18.4. The minimum absolute atomic E-state index is 0.00399. The van der Waals surface area contributed by atoms with E-state index in [-0.39, 0.29) is 24.0 Å². The van der Waals surface area contributed by atoms with Crippen LogP contribution >= 0.6 is 0 Å². The van der Waals surface area contributed by atoms with Gasteiger partial charge in [-0.1, -0.05) is 13.8 Å². The van der Waals surface area contributed by atoms with Gasteiger partial charge in [0.25, 0.3) is 5.92 Å². The van der Waals surface area contributed by atoms with Crippen LogP contribution in [-0.4, -0.2) is 60.0 Å². The standard InChI is InChI=1S/C22H36F2N4O/c1-20(2)13-21(29-15-20)7-5-16(6-8-21)19-17(12-27(4)10-9-25-3)26-28-14-22(23,24)11-18(19)28/h16,25H,5-15H2,1-4H3/t16-,21+. The minimum Gasteiger partial charge on any atom is -0.374 e. The van der Waals surface area contributed by atoms with Gasteiger partial charge in [0.2, 0.25) is 0 Å². The second-order valence-electron chi connectivity index (χ2n) is 10.4. The van der Waals surface area contributed by atoms with Gasteiger partial charge >= 0.3 is 0 Å². The van der Waals surface area contributed by atoms with Crippen molar-refractivity contribution in [2.24, 2.45) is 5.41 Å². The molecule has 5 nitrogen and oxygen atoms in total. The first kappa shape index (κ1) is 21.2. The summed E-state index contributed by atoms with van der Waals surface area (Å²) in [5.74, 6) is -2.35. The lowest BCUT2D eigenvalue weighted by Gasteiger charge is -2.37. The van der Waals surface area contributed by atoms with Gasteiger partial charge in [-0.15, -0.1) is 0 Å². The Morgan fingerprint density at radius 1 is 1.28 bits per heavy atom. The summed E-state index contributed by atoms with van der Waals surface area (Å²) in [5, 5.41) is 7.83. The summed E-state index contributed by atoms with van der Waals surface area (Å²) < 4.78 is 36.1. The number of aromatic nitrogens is 2. The van der Waals surface area contributed by atoms with E-state index in [4.69, 9.17) is 4.74 Å². The van der Waals surface area contributed by atoms with E-state index in [9.17, 15) is 8.78 Å². The van der Waals surface area contributed by atoms with E-state index in [0.29, 0.717) is 12.5 Å². The maximum atomic E-state index is 14.1. The Hall–Kier alpha value is -1.05. The monoisotopic (exact) mass is 410 g/mol. The van der Waals surface area contributed by atoms with E-state index in [2.05, 4.69) is 36.2 Å². The molecule has 1 saturated heterocycles. The van der Waals surface area contributed by atoms with Gasteiger partial charge in [0.05, 0.1) is 24.3 Å². The molecule has 0 radical (unpaired) electrons. The third-order valence-corrected chi connectivity index (χ3v) is 7.02. The van der Waals surface area contributed by atoms with Crippen molar-refractivity contribution in [1.29, 1.82) is 0 Å². The van der Waals surface area contributed by atoms with Crippen LogP contribution in [-0.2, 0) is 24.2 Å². The van der Waals surface area contributed by atoms with Gasteiger partial charge < -0.3 is 10.1 Å². The number of rotatable bonds is 6. The van der Waals surface area contributed by atoms with Gasteiger partial charge in [-0.05, 0) is 57.5 Å². The van der Waals surface area contributed by atoms with Gasteiger partial charge in [0.1, 0.15) is 6.54 Å². The summed E-state index contributed by atoms with van der Waals surface area (Å²) in [6.45, 7) is 7.63. The Balaban J connectivity index is 1.53. The molecule has 164 valence electrons. The number of fused-ring (bicyclic) bond motifs is 1. The predicted octanol–water partition coefficient (Wildman–Crippen LogP) is 3.57. The topological polar surface area (TPSA) is 42.3 Å². The van der Waals surface area contributed by atoms with E-state index in [0.717, 1.165) is 68.8 Å². The molecule has 1 aromatic heterocycles. The molecule has 0 bridgehead atoms. The summed E-state index contributed by atoms with van der Waals surface area (Å²) in [6, 6.07) is 0. The molecule has 1 spiro atoms. The van der Waals surface area contributed by atoms with Crippen molar-refractivity contribution >= 4 is 0 Å². The molecule has 2 aliphatic heterocycles. The highest BCUT2D eigenvalue weighted by atomic mass is 19.3. The van der Waals surface area contributed by atoms with Crippen LogP contribution in [0.5, 0.6) is 0 Å². The molecule has 1 saturated carbocycles. The number of nitrogens with zero attached hydrogens (tertiary/aromatic N) is 3. The number of ether oxygens (including phenoxy) is 1. The van der Waals surface area contributed by atoms with Crippen molar-refractivity contribution < 1.29 is 13.5 Å². The Labute approximate surface area is 173 Å². The van der Waals surface area contributed by atoms with Crippen LogP contribution in [0.1, 0.15) is 68.8 Å². The fourth-order valence-electron chi connectivity index (χ4n) is 5.70. The highest BCUT2D eigenvalue weighted by molar-refractivity contribution is 5.34.